The van der Waals surface area contributed by atoms with Crippen molar-refractivity contribution >= 4 is 5.97 Å². The molecule has 1 heterocycles. The summed E-state index contributed by atoms with van der Waals surface area (Å²) in [5.41, 5.74) is 0. The Morgan fingerprint density at radius 2 is 1.65 bits per heavy atom. The third kappa shape index (κ3) is 5.04. The highest BCUT2D eigenvalue weighted by Gasteiger charge is 2.23. The lowest BCUT2D eigenvalue weighted by molar-refractivity contribution is -0.138. The highest BCUT2D eigenvalue weighted by molar-refractivity contribution is 5.69. The van der Waals surface area contributed by atoms with Crippen LogP contribution in [0.3, 0.4) is 0 Å². The van der Waals surface area contributed by atoms with E-state index in [1.807, 2.05) is 4.90 Å². The van der Waals surface area contributed by atoms with Crippen molar-refractivity contribution in [3.05, 3.63) is 0 Å². The van der Waals surface area contributed by atoms with Gasteiger partial charge in [0, 0.05) is 32.2 Å². The minimum Gasteiger partial charge on any atom is -0.480 e. The molecule has 4 nitrogen and oxygen atoms in total. The molecule has 17 heavy (non-hydrogen) atoms. The molecule has 1 rings (SSSR count). The summed E-state index contributed by atoms with van der Waals surface area (Å²) in [4.78, 5) is 15.2. The maximum atomic E-state index is 10.6. The van der Waals surface area contributed by atoms with Crippen molar-refractivity contribution in [2.75, 3.05) is 32.7 Å². The second kappa shape index (κ2) is 7.67. The van der Waals surface area contributed by atoms with Gasteiger partial charge in [0.1, 0.15) is 0 Å². The minimum atomic E-state index is -0.711. The Morgan fingerprint density at radius 1 is 1.12 bits per heavy atom. The summed E-state index contributed by atoms with van der Waals surface area (Å²) in [6.07, 6.45) is 5.01. The molecular weight excluding hydrogens is 216 g/mol. The van der Waals surface area contributed by atoms with Gasteiger partial charge in [-0.3, -0.25) is 14.6 Å². The summed E-state index contributed by atoms with van der Waals surface area (Å²) in [5, 5.41) is 8.75. The van der Waals surface area contributed by atoms with Crippen LogP contribution in [0.4, 0.5) is 0 Å². The summed E-state index contributed by atoms with van der Waals surface area (Å²) in [6.45, 7) is 8.52. The van der Waals surface area contributed by atoms with Crippen molar-refractivity contribution in [2.24, 2.45) is 0 Å². The van der Waals surface area contributed by atoms with Crippen LogP contribution in [-0.4, -0.2) is 59.6 Å². The molecule has 1 saturated heterocycles. The van der Waals surface area contributed by atoms with E-state index >= 15 is 0 Å². The lowest BCUT2D eigenvalue weighted by Gasteiger charge is -2.38. The Bertz CT molecular complexity index is 219. The van der Waals surface area contributed by atoms with E-state index in [9.17, 15) is 4.79 Å². The molecule has 1 aliphatic rings. The summed E-state index contributed by atoms with van der Waals surface area (Å²) in [7, 11) is 0. The molecule has 0 aromatic carbocycles. The normalized spacial score (nSPS) is 18.8. The molecule has 0 amide bonds. The first-order valence-electron chi connectivity index (χ1n) is 6.85. The molecule has 0 spiro atoms. The van der Waals surface area contributed by atoms with E-state index in [2.05, 4.69) is 18.7 Å². The van der Waals surface area contributed by atoms with Crippen LogP contribution in [0, 0.1) is 0 Å². The molecule has 0 aromatic heterocycles. The number of hydrogen-bond acceptors (Lipinski definition) is 3. The van der Waals surface area contributed by atoms with E-state index in [4.69, 9.17) is 5.11 Å². The van der Waals surface area contributed by atoms with Crippen LogP contribution in [0.5, 0.6) is 0 Å². The summed E-state index contributed by atoms with van der Waals surface area (Å²) in [6, 6.07) is 0.706. The average Bonchev–Trinajstić information content (AvgIpc) is 2.29. The number of aliphatic carboxylic acids is 1. The molecule has 1 fully saturated rings. The van der Waals surface area contributed by atoms with Crippen LogP contribution in [0.2, 0.25) is 0 Å². The number of rotatable bonds is 7. The molecule has 0 bridgehead atoms. The number of nitrogens with zero attached hydrogens (tertiary/aromatic N) is 2. The van der Waals surface area contributed by atoms with Gasteiger partial charge in [-0.2, -0.15) is 0 Å². The predicted molar refractivity (Wildman–Crippen MR) is 69.3 cm³/mol. The van der Waals surface area contributed by atoms with Crippen LogP contribution in [0.25, 0.3) is 0 Å². The number of carboxylic acids is 1. The van der Waals surface area contributed by atoms with Crippen LogP contribution < -0.4 is 0 Å². The molecule has 0 atom stereocenters. The monoisotopic (exact) mass is 242 g/mol. The fourth-order valence-electron chi connectivity index (χ4n) is 2.65. The molecule has 1 aliphatic heterocycles. The first kappa shape index (κ1) is 14.5. The van der Waals surface area contributed by atoms with E-state index in [1.165, 1.54) is 25.7 Å². The first-order chi connectivity index (χ1) is 8.17. The van der Waals surface area contributed by atoms with Crippen molar-refractivity contribution in [3.63, 3.8) is 0 Å². The van der Waals surface area contributed by atoms with Crippen molar-refractivity contribution < 1.29 is 9.90 Å². The second-order valence-corrected chi connectivity index (χ2v) is 4.94. The standard InChI is InChI=1S/C13H26N2O2/c1-3-5-12(6-4-2)15-9-7-14(8-10-15)11-13(16)17/h12H,3-11H2,1-2H3,(H,16,17). The highest BCUT2D eigenvalue weighted by atomic mass is 16.4. The lowest BCUT2D eigenvalue weighted by atomic mass is 10.0. The van der Waals surface area contributed by atoms with Crippen molar-refractivity contribution in [2.45, 2.75) is 45.6 Å². The molecule has 0 saturated carbocycles. The van der Waals surface area contributed by atoms with Gasteiger partial charge < -0.3 is 5.11 Å². The van der Waals surface area contributed by atoms with Gasteiger partial charge in [0.2, 0.25) is 0 Å². The smallest absolute Gasteiger partial charge is 0.317 e. The molecule has 4 heteroatoms. The lowest BCUT2D eigenvalue weighted by Crippen LogP contribution is -2.51. The number of carbonyl (C=O) groups is 1. The molecular formula is C13H26N2O2. The van der Waals surface area contributed by atoms with Gasteiger partial charge in [0.15, 0.2) is 0 Å². The third-order valence-corrected chi connectivity index (χ3v) is 3.53. The quantitative estimate of drug-likeness (QED) is 0.737. The zero-order valence-electron chi connectivity index (χ0n) is 11.2. The maximum absolute atomic E-state index is 10.6. The Kier molecular flexibility index (Phi) is 6.52. The van der Waals surface area contributed by atoms with Gasteiger partial charge >= 0.3 is 5.97 Å². The summed E-state index contributed by atoms with van der Waals surface area (Å²) in [5.74, 6) is -0.711. The molecule has 1 N–H and O–H groups in total. The van der Waals surface area contributed by atoms with E-state index < -0.39 is 5.97 Å². The van der Waals surface area contributed by atoms with Crippen LogP contribution in [0.15, 0.2) is 0 Å². The number of carboxylic acid groups (broad SMARTS) is 1. The maximum Gasteiger partial charge on any atom is 0.317 e. The van der Waals surface area contributed by atoms with Crippen molar-refractivity contribution in [1.29, 1.82) is 0 Å². The van der Waals surface area contributed by atoms with E-state index in [0.29, 0.717) is 6.04 Å². The average molecular weight is 242 g/mol. The van der Waals surface area contributed by atoms with Crippen LogP contribution in [-0.2, 0) is 4.79 Å². The van der Waals surface area contributed by atoms with E-state index in [-0.39, 0.29) is 6.54 Å². The summed E-state index contributed by atoms with van der Waals surface area (Å²) < 4.78 is 0. The van der Waals surface area contributed by atoms with Gasteiger partial charge in [-0.1, -0.05) is 26.7 Å². The molecule has 0 aromatic rings. The third-order valence-electron chi connectivity index (χ3n) is 3.53. The first-order valence-corrected chi connectivity index (χ1v) is 6.85. The van der Waals surface area contributed by atoms with Gasteiger partial charge in [-0.25, -0.2) is 0 Å². The Hall–Kier alpha value is -0.610. The van der Waals surface area contributed by atoms with E-state index in [0.717, 1.165) is 26.2 Å². The molecule has 0 radical (unpaired) electrons. The summed E-state index contributed by atoms with van der Waals surface area (Å²) >= 11 is 0. The van der Waals surface area contributed by atoms with Gasteiger partial charge in [-0.15, -0.1) is 0 Å². The van der Waals surface area contributed by atoms with Gasteiger partial charge in [0.25, 0.3) is 0 Å². The Balaban J connectivity index is 2.35. The van der Waals surface area contributed by atoms with Crippen LogP contribution in [0.1, 0.15) is 39.5 Å². The predicted octanol–water partition coefficient (Wildman–Crippen LogP) is 1.66. The van der Waals surface area contributed by atoms with Gasteiger partial charge in [-0.05, 0) is 12.8 Å². The topological polar surface area (TPSA) is 43.8 Å². The molecule has 0 aliphatic carbocycles. The van der Waals surface area contributed by atoms with Gasteiger partial charge in [0.05, 0.1) is 6.54 Å². The zero-order valence-corrected chi connectivity index (χ0v) is 11.2. The molecule has 100 valence electrons. The van der Waals surface area contributed by atoms with Crippen molar-refractivity contribution in [3.8, 4) is 0 Å². The van der Waals surface area contributed by atoms with E-state index in [1.54, 1.807) is 0 Å². The largest absolute Gasteiger partial charge is 0.480 e. The fourth-order valence-corrected chi connectivity index (χ4v) is 2.65. The van der Waals surface area contributed by atoms with Crippen molar-refractivity contribution in [1.82, 2.24) is 9.80 Å². The molecule has 0 unspecified atom stereocenters. The highest BCUT2D eigenvalue weighted by Crippen LogP contribution is 2.15. The number of hydrogen-bond donors (Lipinski definition) is 1. The zero-order chi connectivity index (χ0) is 12.7. The van der Waals surface area contributed by atoms with Crippen LogP contribution >= 0.6 is 0 Å². The Labute approximate surface area is 105 Å². The number of piperazine rings is 1. The fraction of sp³-hybridized carbons (Fsp3) is 0.923. The minimum absolute atomic E-state index is 0.195. The second-order valence-electron chi connectivity index (χ2n) is 4.94. The SMILES string of the molecule is CCCC(CCC)N1CCN(CC(=O)O)CC1. The Morgan fingerprint density at radius 3 is 2.06 bits per heavy atom.